The first kappa shape index (κ1) is 20.1. The molecular weight excluding hydrogens is 389 g/mol. The maximum absolute atomic E-state index is 13.5. The second-order valence-electron chi connectivity index (χ2n) is 7.54. The van der Waals surface area contributed by atoms with Crippen molar-refractivity contribution in [1.82, 2.24) is 24.5 Å². The summed E-state index contributed by atoms with van der Waals surface area (Å²) in [6.45, 7) is 3.71. The third kappa shape index (κ3) is 3.79. The number of amides is 3. The Morgan fingerprint density at radius 3 is 2.80 bits per heavy atom. The Labute approximate surface area is 173 Å². The Hall–Kier alpha value is -3.23. The lowest BCUT2D eigenvalue weighted by atomic mass is 10.1. The summed E-state index contributed by atoms with van der Waals surface area (Å²) in [7, 11) is 0. The van der Waals surface area contributed by atoms with E-state index in [0.29, 0.717) is 43.9 Å². The van der Waals surface area contributed by atoms with Gasteiger partial charge in [0.15, 0.2) is 0 Å². The fraction of sp³-hybridized carbons (Fsp3) is 0.429. The van der Waals surface area contributed by atoms with Crippen molar-refractivity contribution in [2.24, 2.45) is 0 Å². The normalized spacial score (nSPS) is 19.7. The van der Waals surface area contributed by atoms with Crippen LogP contribution < -0.4 is 0 Å². The van der Waals surface area contributed by atoms with E-state index in [-0.39, 0.29) is 36.6 Å². The molecule has 0 saturated carbocycles. The highest BCUT2D eigenvalue weighted by Crippen LogP contribution is 2.22. The monoisotopic (exact) mass is 413 g/mol. The van der Waals surface area contributed by atoms with Crippen molar-refractivity contribution in [1.29, 1.82) is 0 Å². The molecule has 2 fully saturated rings. The van der Waals surface area contributed by atoms with Crippen LogP contribution >= 0.6 is 0 Å². The summed E-state index contributed by atoms with van der Waals surface area (Å²) in [4.78, 5) is 43.5. The Bertz CT molecular complexity index is 975. The van der Waals surface area contributed by atoms with Crippen LogP contribution in [0.4, 0.5) is 4.39 Å². The predicted octanol–water partition coefficient (Wildman–Crippen LogP) is 1.13. The van der Waals surface area contributed by atoms with Crippen LogP contribution in [-0.4, -0.2) is 74.4 Å². The molecule has 2 saturated heterocycles. The summed E-state index contributed by atoms with van der Waals surface area (Å²) in [5, 5.41) is 4.14. The van der Waals surface area contributed by atoms with Crippen molar-refractivity contribution < 1.29 is 18.8 Å². The van der Waals surface area contributed by atoms with Gasteiger partial charge in [-0.3, -0.25) is 19.1 Å². The first-order valence-corrected chi connectivity index (χ1v) is 10.1. The van der Waals surface area contributed by atoms with Gasteiger partial charge in [0.25, 0.3) is 5.91 Å². The number of benzene rings is 1. The molecule has 0 spiro atoms. The van der Waals surface area contributed by atoms with Crippen LogP contribution in [0.5, 0.6) is 0 Å². The average molecular weight is 413 g/mol. The largest absolute Gasteiger partial charge is 0.335 e. The van der Waals surface area contributed by atoms with Crippen molar-refractivity contribution >= 4 is 17.7 Å². The average Bonchev–Trinajstić information content (AvgIpc) is 3.09. The molecule has 0 N–H and O–H groups in total. The minimum absolute atomic E-state index is 0.0393. The molecule has 0 radical (unpaired) electrons. The number of nitrogens with zero attached hydrogens (tertiary/aromatic N) is 5. The van der Waals surface area contributed by atoms with E-state index in [9.17, 15) is 18.8 Å². The van der Waals surface area contributed by atoms with E-state index in [1.807, 2.05) is 6.92 Å². The van der Waals surface area contributed by atoms with E-state index in [2.05, 4.69) is 5.10 Å². The van der Waals surface area contributed by atoms with E-state index >= 15 is 0 Å². The molecule has 2 aliphatic heterocycles. The molecule has 0 aliphatic carbocycles. The molecule has 1 unspecified atom stereocenters. The number of halogens is 1. The van der Waals surface area contributed by atoms with Crippen LogP contribution in [0.1, 0.15) is 29.4 Å². The Morgan fingerprint density at radius 2 is 2.03 bits per heavy atom. The zero-order chi connectivity index (χ0) is 21.3. The highest BCUT2D eigenvalue weighted by molar-refractivity contribution is 5.96. The minimum atomic E-state index is -0.603. The van der Waals surface area contributed by atoms with Gasteiger partial charge in [0, 0.05) is 38.9 Å². The van der Waals surface area contributed by atoms with Crippen LogP contribution in [0.15, 0.2) is 36.5 Å². The number of carbonyl (C=O) groups excluding carboxylic acids is 3. The van der Waals surface area contributed by atoms with Crippen molar-refractivity contribution in [2.75, 3.05) is 26.2 Å². The summed E-state index contributed by atoms with van der Waals surface area (Å²) < 4.78 is 15.1. The standard InChI is InChI=1S/C21H24FN5O3/c1-2-27-18(6-8-23-27)21(30)24-9-7-17-20(29)25(14-19(28)26(17)11-10-24)13-15-4-3-5-16(22)12-15/h3-6,8,12,17H,2,7,9-11,13-14H2,1H3. The summed E-state index contributed by atoms with van der Waals surface area (Å²) in [6, 6.07) is 7.11. The zero-order valence-corrected chi connectivity index (χ0v) is 16.8. The molecule has 2 aromatic rings. The lowest BCUT2D eigenvalue weighted by Crippen LogP contribution is -2.59. The fourth-order valence-electron chi connectivity index (χ4n) is 4.15. The number of carbonyl (C=O) groups is 3. The number of hydrogen-bond donors (Lipinski definition) is 0. The molecule has 8 nitrogen and oxygen atoms in total. The van der Waals surface area contributed by atoms with Crippen LogP contribution in [0, 0.1) is 5.82 Å². The van der Waals surface area contributed by atoms with Gasteiger partial charge in [-0.25, -0.2) is 4.39 Å². The van der Waals surface area contributed by atoms with E-state index in [1.165, 1.54) is 17.0 Å². The van der Waals surface area contributed by atoms with Gasteiger partial charge < -0.3 is 14.7 Å². The molecule has 158 valence electrons. The Morgan fingerprint density at radius 1 is 1.20 bits per heavy atom. The van der Waals surface area contributed by atoms with Crippen molar-refractivity contribution in [3.05, 3.63) is 53.6 Å². The highest BCUT2D eigenvalue weighted by atomic mass is 19.1. The van der Waals surface area contributed by atoms with E-state index in [4.69, 9.17) is 0 Å². The van der Waals surface area contributed by atoms with E-state index in [1.54, 1.807) is 38.9 Å². The molecule has 3 amide bonds. The third-order valence-corrected chi connectivity index (χ3v) is 5.69. The topological polar surface area (TPSA) is 78.8 Å². The van der Waals surface area contributed by atoms with E-state index < -0.39 is 6.04 Å². The molecule has 0 bridgehead atoms. The number of rotatable bonds is 4. The highest BCUT2D eigenvalue weighted by Gasteiger charge is 2.41. The van der Waals surface area contributed by atoms with Crippen LogP contribution in [0.25, 0.3) is 0 Å². The molecule has 1 aromatic carbocycles. The van der Waals surface area contributed by atoms with Gasteiger partial charge in [-0.05, 0) is 37.1 Å². The van der Waals surface area contributed by atoms with Gasteiger partial charge >= 0.3 is 0 Å². The second kappa shape index (κ2) is 8.25. The summed E-state index contributed by atoms with van der Waals surface area (Å²) in [6.07, 6.45) is 1.96. The van der Waals surface area contributed by atoms with Crippen molar-refractivity contribution in [3.8, 4) is 0 Å². The van der Waals surface area contributed by atoms with Gasteiger partial charge in [-0.1, -0.05) is 12.1 Å². The van der Waals surface area contributed by atoms with Crippen LogP contribution in [0.2, 0.25) is 0 Å². The number of aromatic nitrogens is 2. The maximum atomic E-state index is 13.5. The first-order chi connectivity index (χ1) is 14.5. The number of piperazine rings is 1. The fourth-order valence-corrected chi connectivity index (χ4v) is 4.15. The second-order valence-corrected chi connectivity index (χ2v) is 7.54. The zero-order valence-electron chi connectivity index (χ0n) is 16.8. The minimum Gasteiger partial charge on any atom is -0.335 e. The van der Waals surface area contributed by atoms with Gasteiger partial charge in [0.2, 0.25) is 11.8 Å². The summed E-state index contributed by atoms with van der Waals surface area (Å²) in [5.74, 6) is -0.832. The predicted molar refractivity (Wildman–Crippen MR) is 106 cm³/mol. The molecule has 2 aliphatic rings. The van der Waals surface area contributed by atoms with Crippen molar-refractivity contribution in [2.45, 2.75) is 32.5 Å². The van der Waals surface area contributed by atoms with Gasteiger partial charge in [-0.2, -0.15) is 5.10 Å². The molecule has 30 heavy (non-hydrogen) atoms. The number of hydrogen-bond acceptors (Lipinski definition) is 4. The molecular formula is C21H24FN5O3. The SMILES string of the molecule is CCn1nccc1C(=O)N1CCC2C(=O)N(Cc3cccc(F)c3)CC(=O)N2CC1. The number of aryl methyl sites for hydroxylation is 1. The molecule has 3 heterocycles. The lowest BCUT2D eigenvalue weighted by molar-refractivity contribution is -0.156. The summed E-state index contributed by atoms with van der Waals surface area (Å²) >= 11 is 0. The third-order valence-electron chi connectivity index (χ3n) is 5.69. The van der Waals surface area contributed by atoms with Crippen molar-refractivity contribution in [3.63, 3.8) is 0 Å². The van der Waals surface area contributed by atoms with Crippen LogP contribution in [0.3, 0.4) is 0 Å². The molecule has 1 aromatic heterocycles. The molecule has 1 atom stereocenters. The van der Waals surface area contributed by atoms with Gasteiger partial charge in [-0.15, -0.1) is 0 Å². The smallest absolute Gasteiger partial charge is 0.272 e. The van der Waals surface area contributed by atoms with Gasteiger partial charge in [0.05, 0.1) is 0 Å². The molecule has 9 heteroatoms. The van der Waals surface area contributed by atoms with Gasteiger partial charge in [0.1, 0.15) is 24.1 Å². The Kier molecular flexibility index (Phi) is 5.52. The summed E-state index contributed by atoms with van der Waals surface area (Å²) in [5.41, 5.74) is 1.14. The van der Waals surface area contributed by atoms with E-state index in [0.717, 1.165) is 0 Å². The lowest BCUT2D eigenvalue weighted by Gasteiger charge is -2.39. The molecule has 4 rings (SSSR count). The van der Waals surface area contributed by atoms with Crippen LogP contribution in [-0.2, 0) is 22.7 Å². The first-order valence-electron chi connectivity index (χ1n) is 10.1. The quantitative estimate of drug-likeness (QED) is 0.753. The maximum Gasteiger partial charge on any atom is 0.272 e. The number of fused-ring (bicyclic) bond motifs is 1. The Balaban J connectivity index is 1.48.